The molecule has 1 saturated carbocycles. The third-order valence-corrected chi connectivity index (χ3v) is 9.07. The summed E-state index contributed by atoms with van der Waals surface area (Å²) in [5.41, 5.74) is 0.895. The predicted molar refractivity (Wildman–Crippen MR) is 136 cm³/mol. The normalized spacial score (nSPS) is 19.0. The standard InChI is InChI=1S/C27H26F3N3O5S/c28-27(29,30)38-21-10-8-19(9-11-21)26(14-15-26)25(35)32-24-5-1-4-23(31-24)18-6-12-22(13-7-18)39(36,37)33-16-2-3-20(33)17-34/h1,4-13,20,34H,2-3,14-17H2,(H,31,32,35)/t20-/m1/s1. The number of sulfonamides is 1. The first kappa shape index (κ1) is 27.1. The summed E-state index contributed by atoms with van der Waals surface area (Å²) >= 11 is 0. The van der Waals surface area contributed by atoms with E-state index in [1.807, 2.05) is 0 Å². The van der Waals surface area contributed by atoms with Gasteiger partial charge in [-0.05, 0) is 67.6 Å². The van der Waals surface area contributed by atoms with Crippen molar-refractivity contribution < 1.29 is 36.2 Å². The number of amides is 1. The third-order valence-electron chi connectivity index (χ3n) is 7.11. The topological polar surface area (TPSA) is 109 Å². The number of carbonyl (C=O) groups excluding carboxylic acids is 1. The summed E-state index contributed by atoms with van der Waals surface area (Å²) in [5, 5.41) is 12.3. The fraction of sp³-hybridized carbons (Fsp3) is 0.333. The maximum Gasteiger partial charge on any atom is 0.573 e. The minimum atomic E-state index is -4.79. The summed E-state index contributed by atoms with van der Waals surface area (Å²) in [6.45, 7) is 0.143. The van der Waals surface area contributed by atoms with Gasteiger partial charge in [-0.3, -0.25) is 4.79 Å². The van der Waals surface area contributed by atoms with Crippen molar-refractivity contribution in [3.63, 3.8) is 0 Å². The van der Waals surface area contributed by atoms with Gasteiger partial charge in [0.2, 0.25) is 15.9 Å². The lowest BCUT2D eigenvalue weighted by Gasteiger charge is -2.22. The van der Waals surface area contributed by atoms with Gasteiger partial charge < -0.3 is 15.2 Å². The summed E-state index contributed by atoms with van der Waals surface area (Å²) in [7, 11) is -3.74. The molecule has 2 aromatic carbocycles. The number of hydrogen-bond acceptors (Lipinski definition) is 6. The number of rotatable bonds is 8. The molecule has 1 aliphatic carbocycles. The van der Waals surface area contributed by atoms with Crippen LogP contribution in [0.15, 0.2) is 71.6 Å². The molecule has 206 valence electrons. The molecule has 1 amide bonds. The second kappa shape index (κ2) is 10.2. The van der Waals surface area contributed by atoms with Crippen LogP contribution in [0.1, 0.15) is 31.2 Å². The fourth-order valence-electron chi connectivity index (χ4n) is 4.89. The van der Waals surface area contributed by atoms with Crippen molar-refractivity contribution in [2.45, 2.75) is 48.4 Å². The third kappa shape index (κ3) is 5.63. The average molecular weight is 562 g/mol. The molecule has 0 radical (unpaired) electrons. The Morgan fingerprint density at radius 3 is 2.38 bits per heavy atom. The van der Waals surface area contributed by atoms with Crippen molar-refractivity contribution in [2.75, 3.05) is 18.5 Å². The van der Waals surface area contributed by atoms with Crippen molar-refractivity contribution >= 4 is 21.7 Å². The van der Waals surface area contributed by atoms with Crippen molar-refractivity contribution in [1.29, 1.82) is 0 Å². The molecule has 12 heteroatoms. The Kier molecular flexibility index (Phi) is 7.12. The van der Waals surface area contributed by atoms with Crippen LogP contribution in [0.4, 0.5) is 19.0 Å². The molecule has 3 aromatic rings. The minimum absolute atomic E-state index is 0.124. The van der Waals surface area contributed by atoms with Gasteiger partial charge in [0.15, 0.2) is 0 Å². The van der Waals surface area contributed by atoms with Gasteiger partial charge in [-0.2, -0.15) is 4.31 Å². The monoisotopic (exact) mass is 561 g/mol. The summed E-state index contributed by atoms with van der Waals surface area (Å²) in [6, 6.07) is 16.2. The molecule has 2 fully saturated rings. The number of aromatic nitrogens is 1. The highest BCUT2D eigenvalue weighted by Gasteiger charge is 2.51. The molecule has 1 aromatic heterocycles. The zero-order valence-electron chi connectivity index (χ0n) is 20.7. The number of anilines is 1. The highest BCUT2D eigenvalue weighted by Crippen LogP contribution is 2.49. The first-order chi connectivity index (χ1) is 18.5. The van der Waals surface area contributed by atoms with Gasteiger partial charge in [-0.1, -0.05) is 30.3 Å². The van der Waals surface area contributed by atoms with Crippen LogP contribution in [0.25, 0.3) is 11.3 Å². The molecule has 1 aliphatic heterocycles. The van der Waals surface area contributed by atoms with E-state index in [4.69, 9.17) is 0 Å². The van der Waals surface area contributed by atoms with Gasteiger partial charge in [-0.25, -0.2) is 13.4 Å². The molecule has 2 aliphatic rings. The smallest absolute Gasteiger partial charge is 0.406 e. The molecule has 0 unspecified atom stereocenters. The second-order valence-corrected chi connectivity index (χ2v) is 11.5. The lowest BCUT2D eigenvalue weighted by atomic mass is 9.95. The number of carbonyl (C=O) groups is 1. The lowest BCUT2D eigenvalue weighted by molar-refractivity contribution is -0.274. The lowest BCUT2D eigenvalue weighted by Crippen LogP contribution is -2.37. The molecule has 2 N–H and O–H groups in total. The van der Waals surface area contributed by atoms with Crippen molar-refractivity contribution in [3.05, 3.63) is 72.3 Å². The van der Waals surface area contributed by atoms with E-state index in [2.05, 4.69) is 15.0 Å². The fourth-order valence-corrected chi connectivity index (χ4v) is 6.57. The maximum absolute atomic E-state index is 13.1. The molecular formula is C27H26F3N3O5S. The second-order valence-electron chi connectivity index (χ2n) is 9.64. The van der Waals surface area contributed by atoms with Crippen LogP contribution in [0, 0.1) is 0 Å². The van der Waals surface area contributed by atoms with E-state index in [-0.39, 0.29) is 23.2 Å². The maximum atomic E-state index is 13.1. The van der Waals surface area contributed by atoms with Crippen LogP contribution in [-0.2, 0) is 20.2 Å². The van der Waals surface area contributed by atoms with E-state index in [0.717, 1.165) is 0 Å². The summed E-state index contributed by atoms with van der Waals surface area (Å²) < 4.78 is 68.6. The number of pyridine rings is 1. The number of aliphatic hydroxyl groups is 1. The quantitative estimate of drug-likeness (QED) is 0.420. The van der Waals surface area contributed by atoms with E-state index < -0.39 is 27.8 Å². The zero-order valence-corrected chi connectivity index (χ0v) is 21.5. The molecule has 1 atom stereocenters. The molecule has 2 heterocycles. The highest BCUT2D eigenvalue weighted by molar-refractivity contribution is 7.89. The largest absolute Gasteiger partial charge is 0.573 e. The van der Waals surface area contributed by atoms with Crippen LogP contribution in [0.5, 0.6) is 5.75 Å². The number of aliphatic hydroxyl groups excluding tert-OH is 1. The first-order valence-electron chi connectivity index (χ1n) is 12.4. The molecule has 0 spiro atoms. The van der Waals surface area contributed by atoms with Gasteiger partial charge >= 0.3 is 6.36 Å². The van der Waals surface area contributed by atoms with Crippen LogP contribution in [-0.4, -0.2) is 54.3 Å². The van der Waals surface area contributed by atoms with Gasteiger partial charge in [0.25, 0.3) is 0 Å². The Morgan fingerprint density at radius 1 is 1.08 bits per heavy atom. The summed E-state index contributed by atoms with van der Waals surface area (Å²) in [4.78, 5) is 17.8. The summed E-state index contributed by atoms with van der Waals surface area (Å²) in [5.74, 6) is -0.383. The van der Waals surface area contributed by atoms with Crippen LogP contribution < -0.4 is 10.1 Å². The first-order valence-corrected chi connectivity index (χ1v) is 13.8. The van der Waals surface area contributed by atoms with Gasteiger partial charge in [0.05, 0.1) is 22.6 Å². The molecular weight excluding hydrogens is 535 g/mol. The van der Waals surface area contributed by atoms with Crippen LogP contribution >= 0.6 is 0 Å². The number of hydrogen-bond donors (Lipinski definition) is 2. The number of ether oxygens (including phenoxy) is 1. The Morgan fingerprint density at radius 2 is 1.77 bits per heavy atom. The number of nitrogens with one attached hydrogen (secondary N) is 1. The van der Waals surface area contributed by atoms with E-state index >= 15 is 0 Å². The zero-order chi connectivity index (χ0) is 27.8. The Labute approximate surface area is 223 Å². The molecule has 0 bridgehead atoms. The van der Waals surface area contributed by atoms with E-state index in [1.54, 1.807) is 30.3 Å². The average Bonchev–Trinajstić information content (AvgIpc) is 3.57. The minimum Gasteiger partial charge on any atom is -0.406 e. The predicted octanol–water partition coefficient (Wildman–Crippen LogP) is 4.46. The van der Waals surface area contributed by atoms with Gasteiger partial charge in [-0.15, -0.1) is 13.2 Å². The van der Waals surface area contributed by atoms with Crippen molar-refractivity contribution in [1.82, 2.24) is 9.29 Å². The molecule has 5 rings (SSSR count). The Balaban J connectivity index is 1.29. The SMILES string of the molecule is O=C(Nc1cccc(-c2ccc(S(=O)(=O)N3CCC[C@@H]3CO)cc2)n1)C1(c2ccc(OC(F)(F)F)cc2)CC1. The number of benzene rings is 2. The van der Waals surface area contributed by atoms with E-state index in [0.29, 0.717) is 54.9 Å². The number of halogens is 3. The van der Waals surface area contributed by atoms with Crippen LogP contribution in [0.3, 0.4) is 0 Å². The number of nitrogens with zero attached hydrogens (tertiary/aromatic N) is 2. The Bertz CT molecular complexity index is 1460. The summed E-state index contributed by atoms with van der Waals surface area (Å²) in [6.07, 6.45) is -2.39. The van der Waals surface area contributed by atoms with Crippen LogP contribution in [0.2, 0.25) is 0 Å². The van der Waals surface area contributed by atoms with Crippen molar-refractivity contribution in [2.24, 2.45) is 0 Å². The van der Waals surface area contributed by atoms with Gasteiger partial charge in [0, 0.05) is 18.2 Å². The van der Waals surface area contributed by atoms with E-state index in [1.165, 1.54) is 40.7 Å². The highest BCUT2D eigenvalue weighted by atomic mass is 32.2. The molecule has 1 saturated heterocycles. The number of alkyl halides is 3. The molecule has 39 heavy (non-hydrogen) atoms. The van der Waals surface area contributed by atoms with Crippen molar-refractivity contribution in [3.8, 4) is 17.0 Å². The Hall–Kier alpha value is -3.48. The van der Waals surface area contributed by atoms with E-state index in [9.17, 15) is 31.5 Å². The van der Waals surface area contributed by atoms with Gasteiger partial charge in [0.1, 0.15) is 11.6 Å². The molecule has 8 nitrogen and oxygen atoms in total.